The van der Waals surface area contributed by atoms with Crippen LogP contribution in [0.25, 0.3) is 0 Å². The molecule has 0 bridgehead atoms. The zero-order chi connectivity index (χ0) is 21.3. The molecule has 0 aliphatic heterocycles. The van der Waals surface area contributed by atoms with Crippen LogP contribution >= 0.6 is 56.8 Å². The maximum atomic E-state index is 12.5. The molecule has 2 aliphatic rings. The van der Waals surface area contributed by atoms with Gasteiger partial charge < -0.3 is 4.74 Å². The molecule has 2 fully saturated rings. The third-order valence-electron chi connectivity index (χ3n) is 6.35. The third-order valence-corrected chi connectivity index (χ3v) is 8.32. The highest BCUT2D eigenvalue weighted by Crippen LogP contribution is 2.66. The predicted octanol–water partition coefficient (Wildman–Crippen LogP) is 6.40. The van der Waals surface area contributed by atoms with Gasteiger partial charge in [0.05, 0.1) is 13.4 Å². The van der Waals surface area contributed by atoms with Crippen molar-refractivity contribution in [3.63, 3.8) is 0 Å². The molecule has 0 heterocycles. The van der Waals surface area contributed by atoms with Crippen LogP contribution in [0.3, 0.4) is 0 Å². The molecule has 0 spiro atoms. The zero-order valence-electron chi connectivity index (χ0n) is 16.6. The minimum absolute atomic E-state index is 0.0599. The average molecular weight is 649 g/mol. The number of nitrogens with one attached hydrogen (secondary N) is 1. The summed E-state index contributed by atoms with van der Waals surface area (Å²) in [6, 6.07) is 11.7. The lowest BCUT2D eigenvalue weighted by Crippen LogP contribution is -2.22. The lowest BCUT2D eigenvalue weighted by Gasteiger charge is -2.15. The fraction of sp³-hybridized carbons (Fsp3) is 0.391. The number of amides is 1. The Labute approximate surface area is 209 Å². The van der Waals surface area contributed by atoms with Crippen molar-refractivity contribution in [2.24, 2.45) is 22.4 Å². The number of halogens is 3. The van der Waals surface area contributed by atoms with E-state index in [4.69, 9.17) is 16.3 Å². The molecule has 0 aromatic heterocycles. The van der Waals surface area contributed by atoms with Crippen LogP contribution in [-0.4, -0.2) is 12.1 Å². The highest BCUT2D eigenvalue weighted by atomic mass is 127. The maximum Gasteiger partial charge on any atom is 0.244 e. The number of carbonyl (C=O) groups excluding carboxylic acids is 1. The summed E-state index contributed by atoms with van der Waals surface area (Å²) in [6.45, 7) is 2.66. The van der Waals surface area contributed by atoms with Gasteiger partial charge in [0, 0.05) is 16.5 Å². The number of ether oxygens (including phenoxy) is 1. The summed E-state index contributed by atoms with van der Waals surface area (Å²) in [7, 11) is 0. The van der Waals surface area contributed by atoms with Gasteiger partial charge in [0.2, 0.25) is 5.91 Å². The predicted molar refractivity (Wildman–Crippen MR) is 137 cm³/mol. The number of carbonyl (C=O) groups is 1. The Hall–Kier alpha value is -0.870. The summed E-state index contributed by atoms with van der Waals surface area (Å²) < 4.78 is 8.00. The van der Waals surface area contributed by atoms with Gasteiger partial charge in [-0.3, -0.25) is 4.79 Å². The Bertz CT molecular complexity index is 974. The van der Waals surface area contributed by atoms with Gasteiger partial charge in [0.25, 0.3) is 0 Å². The summed E-state index contributed by atoms with van der Waals surface area (Å²) >= 11 is 10.7. The molecule has 2 saturated carbocycles. The largest absolute Gasteiger partial charge is 0.487 e. The van der Waals surface area contributed by atoms with Crippen molar-refractivity contribution in [1.29, 1.82) is 0 Å². The number of hydrazone groups is 1. The van der Waals surface area contributed by atoms with E-state index < -0.39 is 0 Å². The van der Waals surface area contributed by atoms with Gasteiger partial charge in [-0.1, -0.05) is 49.6 Å². The van der Waals surface area contributed by atoms with E-state index in [1.165, 1.54) is 19.3 Å². The van der Waals surface area contributed by atoms with Gasteiger partial charge in [0.1, 0.15) is 12.4 Å². The second kappa shape index (κ2) is 9.32. The molecule has 1 amide bonds. The minimum atomic E-state index is 0.0599. The number of benzene rings is 2. The molecule has 30 heavy (non-hydrogen) atoms. The summed E-state index contributed by atoms with van der Waals surface area (Å²) in [4.78, 5) is 12.5. The maximum absolute atomic E-state index is 12.5. The van der Waals surface area contributed by atoms with E-state index in [-0.39, 0.29) is 17.2 Å². The SMILES string of the molecule is C[C@]12CCCC[C@@H]1[C@H]2C(=O)N/N=C\c1cc(I)c(OCc2ccccc2Cl)c(I)c1. The van der Waals surface area contributed by atoms with Crippen LogP contribution < -0.4 is 10.2 Å². The quantitative estimate of drug-likeness (QED) is 0.224. The number of hydrogen-bond donors (Lipinski definition) is 1. The van der Waals surface area contributed by atoms with E-state index >= 15 is 0 Å². The molecule has 7 heteroatoms. The van der Waals surface area contributed by atoms with Crippen LogP contribution in [0.1, 0.15) is 43.7 Å². The van der Waals surface area contributed by atoms with E-state index in [1.54, 1.807) is 6.21 Å². The van der Waals surface area contributed by atoms with Crippen molar-refractivity contribution in [3.8, 4) is 5.75 Å². The van der Waals surface area contributed by atoms with Crippen molar-refractivity contribution in [2.45, 2.75) is 39.2 Å². The molecular formula is C23H23ClI2N2O2. The van der Waals surface area contributed by atoms with E-state index in [0.29, 0.717) is 17.5 Å². The standard InChI is InChI=1S/C23H23ClI2N2O2/c1-23-9-5-4-7-16(23)20(23)22(29)28-27-12-14-10-18(25)21(19(26)11-14)30-13-15-6-2-3-8-17(15)24/h2-3,6,8,10-12,16,20H,4-5,7,9,13H2,1H3,(H,28,29)/b27-12-/t16-,20+,23+/m1/s1. The number of hydrogen-bond acceptors (Lipinski definition) is 3. The van der Waals surface area contributed by atoms with Crippen LogP contribution in [0, 0.1) is 24.4 Å². The van der Waals surface area contributed by atoms with Gasteiger partial charge in [-0.05, 0) is 93.1 Å². The Kier molecular flexibility index (Phi) is 6.94. The first-order chi connectivity index (χ1) is 14.4. The van der Waals surface area contributed by atoms with Crippen molar-refractivity contribution < 1.29 is 9.53 Å². The van der Waals surface area contributed by atoms with E-state index in [1.807, 2.05) is 36.4 Å². The normalized spacial score (nSPS) is 25.1. The molecule has 0 unspecified atom stereocenters. The molecule has 2 aromatic carbocycles. The first kappa shape index (κ1) is 22.3. The van der Waals surface area contributed by atoms with Crippen molar-refractivity contribution in [2.75, 3.05) is 0 Å². The van der Waals surface area contributed by atoms with Crippen molar-refractivity contribution in [3.05, 3.63) is 59.7 Å². The molecule has 3 atom stereocenters. The van der Waals surface area contributed by atoms with Crippen LogP contribution in [0.2, 0.25) is 5.02 Å². The molecule has 4 nitrogen and oxygen atoms in total. The smallest absolute Gasteiger partial charge is 0.244 e. The molecule has 2 aromatic rings. The second-order valence-corrected chi connectivity index (χ2v) is 11.0. The fourth-order valence-corrected chi connectivity index (χ4v) is 6.97. The number of nitrogens with zero attached hydrogens (tertiary/aromatic N) is 1. The first-order valence-corrected chi connectivity index (χ1v) is 12.6. The molecular weight excluding hydrogens is 626 g/mol. The van der Waals surface area contributed by atoms with Gasteiger partial charge in [-0.2, -0.15) is 5.10 Å². The third kappa shape index (κ3) is 4.65. The number of fused-ring (bicyclic) bond motifs is 1. The Morgan fingerprint density at radius 1 is 1.30 bits per heavy atom. The Morgan fingerprint density at radius 2 is 2.03 bits per heavy atom. The minimum Gasteiger partial charge on any atom is -0.487 e. The summed E-state index contributed by atoms with van der Waals surface area (Å²) in [5, 5.41) is 4.92. The van der Waals surface area contributed by atoms with Gasteiger partial charge >= 0.3 is 0 Å². The lowest BCUT2D eigenvalue weighted by atomic mass is 9.90. The van der Waals surface area contributed by atoms with E-state index in [9.17, 15) is 4.79 Å². The van der Waals surface area contributed by atoms with Crippen LogP contribution in [0.15, 0.2) is 41.5 Å². The molecule has 2 aliphatic carbocycles. The average Bonchev–Trinajstić information content (AvgIpc) is 3.34. The monoisotopic (exact) mass is 648 g/mol. The molecule has 0 saturated heterocycles. The van der Waals surface area contributed by atoms with Crippen molar-refractivity contribution >= 4 is 68.9 Å². The van der Waals surface area contributed by atoms with Gasteiger partial charge in [-0.15, -0.1) is 0 Å². The van der Waals surface area contributed by atoms with Gasteiger partial charge in [0.15, 0.2) is 0 Å². The fourth-order valence-electron chi connectivity index (χ4n) is 4.65. The van der Waals surface area contributed by atoms with E-state index in [2.05, 4.69) is 62.6 Å². The highest BCUT2D eigenvalue weighted by molar-refractivity contribution is 14.1. The second-order valence-electron chi connectivity index (χ2n) is 8.26. The zero-order valence-corrected chi connectivity index (χ0v) is 21.7. The molecule has 158 valence electrons. The van der Waals surface area contributed by atoms with Crippen LogP contribution in [0.5, 0.6) is 5.75 Å². The summed E-state index contributed by atoms with van der Waals surface area (Å²) in [5.41, 5.74) is 4.84. The van der Waals surface area contributed by atoms with E-state index in [0.717, 1.165) is 30.4 Å². The molecule has 1 N–H and O–H groups in total. The summed E-state index contributed by atoms with van der Waals surface area (Å²) in [6.07, 6.45) is 6.52. The van der Waals surface area contributed by atoms with Gasteiger partial charge in [-0.25, -0.2) is 5.43 Å². The van der Waals surface area contributed by atoms with Crippen LogP contribution in [-0.2, 0) is 11.4 Å². The Balaban J connectivity index is 1.37. The first-order valence-electron chi connectivity index (χ1n) is 10.1. The topological polar surface area (TPSA) is 50.7 Å². The Morgan fingerprint density at radius 3 is 2.70 bits per heavy atom. The highest BCUT2D eigenvalue weighted by Gasteiger charge is 2.64. The van der Waals surface area contributed by atoms with Crippen molar-refractivity contribution in [1.82, 2.24) is 5.43 Å². The molecule has 4 rings (SSSR count). The molecule has 0 radical (unpaired) electrons. The number of rotatable bonds is 6. The lowest BCUT2D eigenvalue weighted by molar-refractivity contribution is -0.123. The van der Waals surface area contributed by atoms with Crippen LogP contribution in [0.4, 0.5) is 0 Å². The summed E-state index contributed by atoms with van der Waals surface area (Å²) in [5.74, 6) is 1.55.